The third-order valence-corrected chi connectivity index (χ3v) is 4.34. The predicted molar refractivity (Wildman–Crippen MR) is 94.7 cm³/mol. The Kier molecular flexibility index (Phi) is 5.65. The van der Waals surface area contributed by atoms with Gasteiger partial charge in [-0.2, -0.15) is 0 Å². The van der Waals surface area contributed by atoms with Gasteiger partial charge in [-0.15, -0.1) is 0 Å². The van der Waals surface area contributed by atoms with Crippen molar-refractivity contribution in [2.75, 3.05) is 6.54 Å². The number of rotatable bonds is 7. The van der Waals surface area contributed by atoms with E-state index in [1.54, 1.807) is 17.3 Å². The van der Waals surface area contributed by atoms with Gasteiger partial charge in [-0.1, -0.05) is 25.1 Å². The number of carbonyl (C=O) groups excluding carboxylic acids is 2. The molecule has 2 aromatic rings. The molecule has 2 amide bonds. The molecule has 0 spiro atoms. The van der Waals surface area contributed by atoms with E-state index in [0.717, 1.165) is 17.7 Å². The Balaban J connectivity index is 1.49. The molecular weight excluding hydrogens is 332 g/mol. The van der Waals surface area contributed by atoms with Gasteiger partial charge in [0.15, 0.2) is 5.76 Å². The van der Waals surface area contributed by atoms with Crippen LogP contribution < -0.4 is 5.32 Å². The Hall–Kier alpha value is -2.70. The highest BCUT2D eigenvalue weighted by Crippen LogP contribution is 2.20. The summed E-state index contributed by atoms with van der Waals surface area (Å²) in [7, 11) is 0. The van der Waals surface area contributed by atoms with Crippen molar-refractivity contribution >= 4 is 11.8 Å². The summed E-state index contributed by atoms with van der Waals surface area (Å²) in [5.74, 6) is 0.655. The molecule has 3 rings (SSSR count). The van der Waals surface area contributed by atoms with E-state index in [2.05, 4.69) is 29.3 Å². The second-order valence-corrected chi connectivity index (χ2v) is 7.14. The lowest BCUT2D eigenvalue weighted by atomic mass is 10.1. The molecule has 1 fully saturated rings. The van der Waals surface area contributed by atoms with Crippen LogP contribution in [0.25, 0.3) is 0 Å². The van der Waals surface area contributed by atoms with E-state index >= 15 is 0 Å². The predicted octanol–water partition coefficient (Wildman–Crippen LogP) is 1.93. The largest absolute Gasteiger partial charge is 0.359 e. The summed E-state index contributed by atoms with van der Waals surface area (Å²) in [5, 5.41) is 6.86. The maximum absolute atomic E-state index is 12.4. The number of nitrogens with zero attached hydrogens (tertiary/aromatic N) is 3. The van der Waals surface area contributed by atoms with Crippen LogP contribution in [0.4, 0.5) is 0 Å². The van der Waals surface area contributed by atoms with Gasteiger partial charge in [0.2, 0.25) is 11.8 Å². The zero-order valence-electron chi connectivity index (χ0n) is 15.1. The van der Waals surface area contributed by atoms with E-state index in [1.807, 2.05) is 18.2 Å². The van der Waals surface area contributed by atoms with Gasteiger partial charge >= 0.3 is 0 Å². The van der Waals surface area contributed by atoms with E-state index in [4.69, 9.17) is 4.52 Å². The molecule has 0 saturated carbocycles. The molecule has 7 heteroatoms. The van der Waals surface area contributed by atoms with Crippen molar-refractivity contribution in [3.05, 3.63) is 47.6 Å². The van der Waals surface area contributed by atoms with Crippen molar-refractivity contribution in [2.24, 2.45) is 11.8 Å². The van der Waals surface area contributed by atoms with Crippen molar-refractivity contribution in [2.45, 2.75) is 39.8 Å². The van der Waals surface area contributed by atoms with Gasteiger partial charge in [-0.05, 0) is 24.0 Å². The standard InChI is InChI=1S/C19H24N4O3/c1-13(2)6-16-8-17(26-22-16)10-21-19(25)15-7-18(24)23(12-15)11-14-4-3-5-20-9-14/h3-5,8-9,13,15H,6-7,10-12H2,1-2H3,(H,21,25). The van der Waals surface area contributed by atoms with Crippen molar-refractivity contribution in [1.82, 2.24) is 20.4 Å². The zero-order valence-corrected chi connectivity index (χ0v) is 15.1. The Morgan fingerprint density at radius 1 is 1.46 bits per heavy atom. The Morgan fingerprint density at radius 2 is 2.31 bits per heavy atom. The van der Waals surface area contributed by atoms with Gasteiger partial charge in [-0.3, -0.25) is 14.6 Å². The van der Waals surface area contributed by atoms with Crippen LogP contribution in [0.1, 0.15) is 37.3 Å². The molecule has 1 saturated heterocycles. The lowest BCUT2D eigenvalue weighted by molar-refractivity contribution is -0.129. The number of amides is 2. The second-order valence-electron chi connectivity index (χ2n) is 7.14. The van der Waals surface area contributed by atoms with E-state index in [9.17, 15) is 9.59 Å². The normalized spacial score (nSPS) is 17.1. The minimum Gasteiger partial charge on any atom is -0.359 e. The van der Waals surface area contributed by atoms with Gasteiger partial charge in [0.25, 0.3) is 0 Å². The number of nitrogens with one attached hydrogen (secondary N) is 1. The summed E-state index contributed by atoms with van der Waals surface area (Å²) in [6, 6.07) is 5.63. The van der Waals surface area contributed by atoms with Crippen LogP contribution >= 0.6 is 0 Å². The summed E-state index contributed by atoms with van der Waals surface area (Å²) in [5.41, 5.74) is 1.85. The van der Waals surface area contributed by atoms with Gasteiger partial charge in [-0.25, -0.2) is 0 Å². The molecule has 0 bridgehead atoms. The van der Waals surface area contributed by atoms with Crippen LogP contribution in [0.2, 0.25) is 0 Å². The molecular formula is C19H24N4O3. The number of aromatic nitrogens is 2. The van der Waals surface area contributed by atoms with Gasteiger partial charge in [0, 0.05) is 38.0 Å². The lowest BCUT2D eigenvalue weighted by Crippen LogP contribution is -2.32. The Labute approximate surface area is 152 Å². The van der Waals surface area contributed by atoms with Crippen molar-refractivity contribution < 1.29 is 14.1 Å². The Morgan fingerprint density at radius 3 is 3.04 bits per heavy atom. The summed E-state index contributed by atoms with van der Waals surface area (Å²) >= 11 is 0. The molecule has 1 aliphatic heterocycles. The number of hydrogen-bond donors (Lipinski definition) is 1. The summed E-state index contributed by atoms with van der Waals surface area (Å²) < 4.78 is 5.25. The molecule has 26 heavy (non-hydrogen) atoms. The molecule has 0 radical (unpaired) electrons. The third-order valence-electron chi connectivity index (χ3n) is 4.34. The third kappa shape index (κ3) is 4.68. The first-order valence-electron chi connectivity index (χ1n) is 8.90. The fourth-order valence-electron chi connectivity index (χ4n) is 3.08. The summed E-state index contributed by atoms with van der Waals surface area (Å²) in [4.78, 5) is 30.3. The number of pyridine rings is 1. The monoisotopic (exact) mass is 356 g/mol. The van der Waals surface area contributed by atoms with Crippen LogP contribution in [-0.4, -0.2) is 33.4 Å². The number of likely N-dealkylation sites (tertiary alicyclic amines) is 1. The first-order valence-corrected chi connectivity index (χ1v) is 8.90. The second kappa shape index (κ2) is 8.12. The van der Waals surface area contributed by atoms with Crippen LogP contribution in [0.3, 0.4) is 0 Å². The molecule has 1 N–H and O–H groups in total. The van der Waals surface area contributed by atoms with Gasteiger partial charge in [0.05, 0.1) is 18.2 Å². The molecule has 1 unspecified atom stereocenters. The molecule has 1 aliphatic rings. The van der Waals surface area contributed by atoms with Gasteiger partial charge in [0.1, 0.15) is 0 Å². The topological polar surface area (TPSA) is 88.3 Å². The zero-order chi connectivity index (χ0) is 18.5. The summed E-state index contributed by atoms with van der Waals surface area (Å²) in [6.45, 7) is 5.43. The minimum atomic E-state index is -0.336. The van der Waals surface area contributed by atoms with E-state index < -0.39 is 0 Å². The SMILES string of the molecule is CC(C)Cc1cc(CNC(=O)C2CC(=O)N(Cc3cccnc3)C2)on1. The average molecular weight is 356 g/mol. The van der Waals surface area contributed by atoms with Crippen LogP contribution in [-0.2, 0) is 29.1 Å². The Bertz CT molecular complexity index is 757. The highest BCUT2D eigenvalue weighted by atomic mass is 16.5. The lowest BCUT2D eigenvalue weighted by Gasteiger charge is -2.16. The van der Waals surface area contributed by atoms with E-state index in [1.165, 1.54) is 0 Å². The molecule has 1 atom stereocenters. The molecule has 0 aromatic carbocycles. The number of carbonyl (C=O) groups is 2. The van der Waals surface area contributed by atoms with Crippen LogP contribution in [0, 0.1) is 11.8 Å². The molecule has 0 aliphatic carbocycles. The molecule has 138 valence electrons. The fourth-order valence-corrected chi connectivity index (χ4v) is 3.08. The summed E-state index contributed by atoms with van der Waals surface area (Å²) in [6.07, 6.45) is 4.51. The van der Waals surface area contributed by atoms with Crippen molar-refractivity contribution in [1.29, 1.82) is 0 Å². The van der Waals surface area contributed by atoms with E-state index in [-0.39, 0.29) is 30.7 Å². The fraction of sp³-hybridized carbons (Fsp3) is 0.474. The quantitative estimate of drug-likeness (QED) is 0.819. The highest BCUT2D eigenvalue weighted by molar-refractivity contribution is 5.89. The molecule has 7 nitrogen and oxygen atoms in total. The minimum absolute atomic E-state index is 0.00659. The maximum Gasteiger partial charge on any atom is 0.225 e. The highest BCUT2D eigenvalue weighted by Gasteiger charge is 2.34. The van der Waals surface area contributed by atoms with Crippen LogP contribution in [0.15, 0.2) is 35.1 Å². The maximum atomic E-state index is 12.4. The van der Waals surface area contributed by atoms with Crippen molar-refractivity contribution in [3.63, 3.8) is 0 Å². The molecule has 2 aromatic heterocycles. The van der Waals surface area contributed by atoms with Crippen LogP contribution in [0.5, 0.6) is 0 Å². The first kappa shape index (κ1) is 18.1. The smallest absolute Gasteiger partial charge is 0.225 e. The van der Waals surface area contributed by atoms with Gasteiger partial charge < -0.3 is 14.7 Å². The average Bonchev–Trinajstić information content (AvgIpc) is 3.20. The number of hydrogen-bond acceptors (Lipinski definition) is 5. The first-order chi connectivity index (χ1) is 12.5. The molecule has 3 heterocycles. The van der Waals surface area contributed by atoms with E-state index in [0.29, 0.717) is 24.8 Å². The van der Waals surface area contributed by atoms with Crippen molar-refractivity contribution in [3.8, 4) is 0 Å².